The number of aryl methyl sites for hydroxylation is 1. The first-order valence-electron chi connectivity index (χ1n) is 7.26. The number of nitrogens with zero attached hydrogens (tertiary/aromatic N) is 3. The third-order valence-corrected chi connectivity index (χ3v) is 4.30. The minimum absolute atomic E-state index is 0.0265. The predicted molar refractivity (Wildman–Crippen MR) is 92.6 cm³/mol. The SMILES string of the molecule is COCc1cc(C)nc(SCC(=O)c2cccc([N+](=O)[O-])c2)c1C#N. The van der Waals surface area contributed by atoms with Gasteiger partial charge in [0, 0.05) is 30.5 Å². The van der Waals surface area contributed by atoms with Gasteiger partial charge in [-0.15, -0.1) is 0 Å². The minimum Gasteiger partial charge on any atom is -0.380 e. The van der Waals surface area contributed by atoms with E-state index < -0.39 is 4.92 Å². The van der Waals surface area contributed by atoms with Crippen molar-refractivity contribution in [3.05, 3.63) is 62.8 Å². The molecule has 0 aliphatic rings. The first kappa shape index (κ1) is 18.6. The number of thioether (sulfide) groups is 1. The average Bonchev–Trinajstić information content (AvgIpc) is 2.59. The zero-order chi connectivity index (χ0) is 18.4. The third kappa shape index (κ3) is 4.62. The molecule has 0 radical (unpaired) electrons. The number of ketones is 1. The number of benzene rings is 1. The summed E-state index contributed by atoms with van der Waals surface area (Å²) in [6, 6.07) is 9.45. The average molecular weight is 357 g/mol. The van der Waals surface area contributed by atoms with Crippen molar-refractivity contribution >= 4 is 23.2 Å². The number of methoxy groups -OCH3 is 1. The topological polar surface area (TPSA) is 106 Å². The van der Waals surface area contributed by atoms with E-state index in [1.165, 1.54) is 31.4 Å². The van der Waals surface area contributed by atoms with Gasteiger partial charge in [-0.2, -0.15) is 5.26 Å². The van der Waals surface area contributed by atoms with Crippen LogP contribution in [0.1, 0.15) is 27.2 Å². The summed E-state index contributed by atoms with van der Waals surface area (Å²) in [6.07, 6.45) is 0. The number of hydrogen-bond acceptors (Lipinski definition) is 7. The Morgan fingerprint density at radius 3 is 2.84 bits per heavy atom. The predicted octanol–water partition coefficient (Wildman–Crippen LogP) is 3.29. The number of nitro benzene ring substituents is 1. The van der Waals surface area contributed by atoms with Crippen molar-refractivity contribution in [3.63, 3.8) is 0 Å². The van der Waals surface area contributed by atoms with Gasteiger partial charge in [0.25, 0.3) is 5.69 Å². The second-order valence-corrected chi connectivity index (χ2v) is 6.13. The van der Waals surface area contributed by atoms with E-state index in [0.717, 1.165) is 17.5 Å². The monoisotopic (exact) mass is 357 g/mol. The van der Waals surface area contributed by atoms with Crippen LogP contribution < -0.4 is 0 Å². The van der Waals surface area contributed by atoms with E-state index in [1.54, 1.807) is 13.0 Å². The fraction of sp³-hybridized carbons (Fsp3) is 0.235. The van der Waals surface area contributed by atoms with Crippen LogP contribution in [0.15, 0.2) is 35.4 Å². The number of pyridine rings is 1. The standard InChI is InChI=1S/C17H15N3O4S/c1-11-6-13(9-24-2)15(8-18)17(19-11)25-10-16(21)12-4-3-5-14(7-12)20(22)23/h3-7H,9-10H2,1-2H3. The number of aromatic nitrogens is 1. The first-order chi connectivity index (χ1) is 12.0. The van der Waals surface area contributed by atoms with E-state index in [2.05, 4.69) is 11.1 Å². The fourth-order valence-electron chi connectivity index (χ4n) is 2.21. The number of nitro groups is 1. The van der Waals surface area contributed by atoms with Crippen LogP contribution in [-0.2, 0) is 11.3 Å². The number of carbonyl (C=O) groups is 1. The molecule has 0 aliphatic carbocycles. The number of carbonyl (C=O) groups excluding carboxylic acids is 1. The van der Waals surface area contributed by atoms with E-state index >= 15 is 0 Å². The molecule has 0 fully saturated rings. The van der Waals surface area contributed by atoms with Crippen LogP contribution in [-0.4, -0.2) is 28.6 Å². The van der Waals surface area contributed by atoms with Crippen LogP contribution in [0.2, 0.25) is 0 Å². The Morgan fingerprint density at radius 2 is 2.20 bits per heavy atom. The second kappa shape index (κ2) is 8.37. The fourth-order valence-corrected chi connectivity index (χ4v) is 3.18. The molecule has 8 heteroatoms. The molecule has 1 aromatic carbocycles. The molecular weight excluding hydrogens is 342 g/mol. The molecule has 0 spiro atoms. The molecule has 1 aromatic heterocycles. The number of Topliss-reactive ketones (excluding diaryl/α,β-unsaturated/α-hetero) is 1. The van der Waals surface area contributed by atoms with Crippen LogP contribution in [0.5, 0.6) is 0 Å². The zero-order valence-corrected chi connectivity index (χ0v) is 14.5. The lowest BCUT2D eigenvalue weighted by atomic mass is 10.1. The van der Waals surface area contributed by atoms with E-state index in [9.17, 15) is 20.2 Å². The number of non-ortho nitro benzene ring substituents is 1. The van der Waals surface area contributed by atoms with Gasteiger partial charge in [-0.1, -0.05) is 23.9 Å². The summed E-state index contributed by atoms with van der Waals surface area (Å²) in [7, 11) is 1.54. The molecule has 0 bridgehead atoms. The number of ether oxygens (including phenoxy) is 1. The third-order valence-electron chi connectivity index (χ3n) is 3.33. The Hall–Kier alpha value is -2.76. The lowest BCUT2D eigenvalue weighted by Crippen LogP contribution is -2.05. The lowest BCUT2D eigenvalue weighted by molar-refractivity contribution is -0.384. The van der Waals surface area contributed by atoms with Gasteiger partial charge < -0.3 is 4.74 Å². The maximum absolute atomic E-state index is 12.3. The van der Waals surface area contributed by atoms with Crippen LogP contribution >= 0.6 is 11.8 Å². The minimum atomic E-state index is -0.545. The summed E-state index contributed by atoms with van der Waals surface area (Å²) in [5.41, 5.74) is 1.93. The Balaban J connectivity index is 2.21. The molecule has 2 rings (SSSR count). The Bertz CT molecular complexity index is 861. The van der Waals surface area contributed by atoms with E-state index in [4.69, 9.17) is 4.74 Å². The Kier molecular flexibility index (Phi) is 6.22. The molecular formula is C17H15N3O4S. The molecule has 0 atom stereocenters. The van der Waals surface area contributed by atoms with Crippen molar-refractivity contribution in [2.45, 2.75) is 18.6 Å². The van der Waals surface area contributed by atoms with Crippen molar-refractivity contribution in [3.8, 4) is 6.07 Å². The van der Waals surface area contributed by atoms with Gasteiger partial charge in [-0.3, -0.25) is 14.9 Å². The quantitative estimate of drug-likeness (QED) is 0.324. The van der Waals surface area contributed by atoms with Crippen molar-refractivity contribution < 1.29 is 14.5 Å². The summed E-state index contributed by atoms with van der Waals surface area (Å²) in [4.78, 5) is 26.9. The van der Waals surface area contributed by atoms with Crippen molar-refractivity contribution in [1.82, 2.24) is 4.98 Å². The lowest BCUT2D eigenvalue weighted by Gasteiger charge is -2.09. The highest BCUT2D eigenvalue weighted by atomic mass is 32.2. The molecule has 1 heterocycles. The van der Waals surface area contributed by atoms with Crippen LogP contribution in [0.4, 0.5) is 5.69 Å². The van der Waals surface area contributed by atoms with Gasteiger partial charge in [0.1, 0.15) is 11.1 Å². The molecule has 0 saturated heterocycles. The number of nitriles is 1. The first-order valence-corrected chi connectivity index (χ1v) is 8.24. The second-order valence-electron chi connectivity index (χ2n) is 5.17. The molecule has 25 heavy (non-hydrogen) atoms. The number of hydrogen-bond donors (Lipinski definition) is 0. The van der Waals surface area contributed by atoms with Crippen molar-refractivity contribution in [2.24, 2.45) is 0 Å². The maximum Gasteiger partial charge on any atom is 0.270 e. The highest BCUT2D eigenvalue weighted by Gasteiger charge is 2.16. The van der Waals surface area contributed by atoms with Gasteiger partial charge in [0.15, 0.2) is 5.78 Å². The van der Waals surface area contributed by atoms with Gasteiger partial charge in [-0.25, -0.2) is 4.98 Å². The molecule has 128 valence electrons. The summed E-state index contributed by atoms with van der Waals surface area (Å²) < 4.78 is 5.09. The van der Waals surface area contributed by atoms with Gasteiger partial charge in [-0.05, 0) is 18.6 Å². The molecule has 0 saturated carbocycles. The summed E-state index contributed by atoms with van der Waals surface area (Å²) in [5, 5.41) is 20.6. The molecule has 0 N–H and O–H groups in total. The van der Waals surface area contributed by atoms with Gasteiger partial charge >= 0.3 is 0 Å². The number of rotatable bonds is 7. The summed E-state index contributed by atoms with van der Waals surface area (Å²) in [6.45, 7) is 2.07. The van der Waals surface area contributed by atoms with Crippen molar-refractivity contribution in [1.29, 1.82) is 5.26 Å². The highest BCUT2D eigenvalue weighted by Crippen LogP contribution is 2.26. The van der Waals surface area contributed by atoms with Crippen LogP contribution in [0, 0.1) is 28.4 Å². The summed E-state index contributed by atoms with van der Waals surface area (Å²) >= 11 is 1.13. The Labute approximate surface area is 148 Å². The van der Waals surface area contributed by atoms with Crippen LogP contribution in [0.3, 0.4) is 0 Å². The van der Waals surface area contributed by atoms with Crippen molar-refractivity contribution in [2.75, 3.05) is 12.9 Å². The van der Waals surface area contributed by atoms with E-state index in [1.807, 2.05) is 0 Å². The molecule has 0 aliphatic heterocycles. The van der Waals surface area contributed by atoms with Gasteiger partial charge in [0.05, 0.1) is 22.8 Å². The molecule has 0 unspecified atom stereocenters. The largest absolute Gasteiger partial charge is 0.380 e. The van der Waals surface area contributed by atoms with Crippen LogP contribution in [0.25, 0.3) is 0 Å². The smallest absolute Gasteiger partial charge is 0.270 e. The Morgan fingerprint density at radius 1 is 1.44 bits per heavy atom. The summed E-state index contributed by atoms with van der Waals surface area (Å²) in [5.74, 6) is -0.243. The molecule has 7 nitrogen and oxygen atoms in total. The zero-order valence-electron chi connectivity index (χ0n) is 13.7. The van der Waals surface area contributed by atoms with E-state index in [-0.39, 0.29) is 29.4 Å². The maximum atomic E-state index is 12.3. The highest BCUT2D eigenvalue weighted by molar-refractivity contribution is 8.00. The molecule has 2 aromatic rings. The van der Waals surface area contributed by atoms with Gasteiger partial charge in [0.2, 0.25) is 0 Å². The van der Waals surface area contributed by atoms with E-state index in [0.29, 0.717) is 16.2 Å². The molecule has 0 amide bonds. The normalized spacial score (nSPS) is 10.3.